The van der Waals surface area contributed by atoms with Crippen molar-refractivity contribution in [2.24, 2.45) is 0 Å². The Hall–Kier alpha value is -1.46. The van der Waals surface area contributed by atoms with Gasteiger partial charge in [-0.2, -0.15) is 0 Å². The number of carbonyl (C=O) groups is 1. The number of amides is 1. The molecular formula is C14H21FN2O2. The van der Waals surface area contributed by atoms with Gasteiger partial charge in [-0.15, -0.1) is 0 Å². The molecule has 0 bridgehead atoms. The Balaban J connectivity index is 2.50. The third-order valence-electron chi connectivity index (χ3n) is 3.16. The number of hydrogen-bond donors (Lipinski definition) is 2. The standard InChI is InChI=1S/C14H21FN2O2/c1-10(9-18)17(3)8-14(19)16-11(2)12-4-6-13(15)7-5-12/h4-7,10-11,18H,8-9H2,1-3H3,(H,16,19). The van der Waals surface area contributed by atoms with Crippen LogP contribution in [0.3, 0.4) is 0 Å². The van der Waals surface area contributed by atoms with Crippen LogP contribution in [0.1, 0.15) is 25.5 Å². The molecule has 106 valence electrons. The van der Waals surface area contributed by atoms with Crippen molar-refractivity contribution < 1.29 is 14.3 Å². The van der Waals surface area contributed by atoms with Gasteiger partial charge in [-0.1, -0.05) is 12.1 Å². The molecule has 0 saturated heterocycles. The van der Waals surface area contributed by atoms with Gasteiger partial charge in [0.2, 0.25) is 5.91 Å². The minimum absolute atomic E-state index is 0.0112. The van der Waals surface area contributed by atoms with Crippen molar-refractivity contribution in [2.75, 3.05) is 20.2 Å². The topological polar surface area (TPSA) is 52.6 Å². The summed E-state index contributed by atoms with van der Waals surface area (Å²) in [4.78, 5) is 13.6. The second-order valence-corrected chi connectivity index (χ2v) is 4.79. The number of halogens is 1. The van der Waals surface area contributed by atoms with E-state index < -0.39 is 0 Å². The zero-order chi connectivity index (χ0) is 14.4. The number of aliphatic hydroxyl groups excluding tert-OH is 1. The second-order valence-electron chi connectivity index (χ2n) is 4.79. The summed E-state index contributed by atoms with van der Waals surface area (Å²) in [6.45, 7) is 3.92. The molecule has 0 aromatic heterocycles. The molecule has 0 spiro atoms. The molecule has 2 N–H and O–H groups in total. The van der Waals surface area contributed by atoms with E-state index in [0.29, 0.717) is 0 Å². The van der Waals surface area contributed by atoms with Crippen molar-refractivity contribution in [3.05, 3.63) is 35.6 Å². The van der Waals surface area contributed by atoms with E-state index in [4.69, 9.17) is 5.11 Å². The summed E-state index contributed by atoms with van der Waals surface area (Å²) in [5.41, 5.74) is 0.854. The molecule has 0 radical (unpaired) electrons. The van der Waals surface area contributed by atoms with Crippen LogP contribution in [-0.2, 0) is 4.79 Å². The second kappa shape index (κ2) is 7.21. The maximum absolute atomic E-state index is 12.8. The molecule has 19 heavy (non-hydrogen) atoms. The highest BCUT2D eigenvalue weighted by molar-refractivity contribution is 5.78. The molecule has 1 aromatic carbocycles. The molecule has 0 aliphatic rings. The maximum atomic E-state index is 12.8. The van der Waals surface area contributed by atoms with E-state index >= 15 is 0 Å². The lowest BCUT2D eigenvalue weighted by Crippen LogP contribution is -2.41. The summed E-state index contributed by atoms with van der Waals surface area (Å²) in [6.07, 6.45) is 0. The van der Waals surface area contributed by atoms with Crippen molar-refractivity contribution >= 4 is 5.91 Å². The first kappa shape index (κ1) is 15.6. The smallest absolute Gasteiger partial charge is 0.234 e. The molecule has 0 saturated carbocycles. The zero-order valence-corrected chi connectivity index (χ0v) is 11.6. The largest absolute Gasteiger partial charge is 0.395 e. The predicted molar refractivity (Wildman–Crippen MR) is 72.1 cm³/mol. The zero-order valence-electron chi connectivity index (χ0n) is 11.6. The first-order valence-corrected chi connectivity index (χ1v) is 6.30. The highest BCUT2D eigenvalue weighted by Crippen LogP contribution is 2.12. The van der Waals surface area contributed by atoms with Gasteiger partial charge >= 0.3 is 0 Å². The van der Waals surface area contributed by atoms with E-state index in [1.54, 1.807) is 24.1 Å². The van der Waals surface area contributed by atoms with Gasteiger partial charge in [0.25, 0.3) is 0 Å². The predicted octanol–water partition coefficient (Wildman–Crippen LogP) is 1.32. The van der Waals surface area contributed by atoms with Crippen molar-refractivity contribution in [3.63, 3.8) is 0 Å². The van der Waals surface area contributed by atoms with Crippen LogP contribution in [0.15, 0.2) is 24.3 Å². The Morgan fingerprint density at radius 2 is 1.95 bits per heavy atom. The Morgan fingerprint density at radius 3 is 2.47 bits per heavy atom. The number of likely N-dealkylation sites (N-methyl/N-ethyl adjacent to an activating group) is 1. The summed E-state index contributed by atoms with van der Waals surface area (Å²) in [5, 5.41) is 11.8. The number of rotatable bonds is 6. The summed E-state index contributed by atoms with van der Waals surface area (Å²) < 4.78 is 12.8. The monoisotopic (exact) mass is 268 g/mol. The van der Waals surface area contributed by atoms with Crippen molar-refractivity contribution in [2.45, 2.75) is 25.9 Å². The fourth-order valence-electron chi connectivity index (χ4n) is 1.64. The van der Waals surface area contributed by atoms with Gasteiger partial charge in [0.05, 0.1) is 19.2 Å². The number of nitrogens with zero attached hydrogens (tertiary/aromatic N) is 1. The average Bonchev–Trinajstić information content (AvgIpc) is 2.38. The fourth-order valence-corrected chi connectivity index (χ4v) is 1.64. The lowest BCUT2D eigenvalue weighted by molar-refractivity contribution is -0.123. The van der Waals surface area contributed by atoms with Crippen LogP contribution >= 0.6 is 0 Å². The lowest BCUT2D eigenvalue weighted by Gasteiger charge is -2.23. The van der Waals surface area contributed by atoms with E-state index in [0.717, 1.165) is 5.56 Å². The van der Waals surface area contributed by atoms with Crippen LogP contribution in [0, 0.1) is 5.82 Å². The summed E-state index contributed by atoms with van der Waals surface area (Å²) in [5.74, 6) is -0.418. The quantitative estimate of drug-likeness (QED) is 0.818. The van der Waals surface area contributed by atoms with Crippen LogP contribution in [-0.4, -0.2) is 42.2 Å². The van der Waals surface area contributed by atoms with Crippen LogP contribution in [0.25, 0.3) is 0 Å². The van der Waals surface area contributed by atoms with Gasteiger partial charge < -0.3 is 10.4 Å². The molecular weight excluding hydrogens is 247 g/mol. The number of nitrogens with one attached hydrogen (secondary N) is 1. The number of benzene rings is 1. The molecule has 2 atom stereocenters. The number of hydrogen-bond acceptors (Lipinski definition) is 3. The summed E-state index contributed by atoms with van der Waals surface area (Å²) in [7, 11) is 1.78. The van der Waals surface area contributed by atoms with E-state index in [1.165, 1.54) is 12.1 Å². The van der Waals surface area contributed by atoms with Crippen LogP contribution in [0.4, 0.5) is 4.39 Å². The van der Waals surface area contributed by atoms with Gasteiger partial charge in [-0.05, 0) is 38.6 Å². The molecule has 1 aromatic rings. The Kier molecular flexibility index (Phi) is 5.92. The molecule has 0 fully saturated rings. The molecule has 0 aliphatic carbocycles. The first-order valence-electron chi connectivity index (χ1n) is 6.30. The molecule has 0 aliphatic heterocycles. The van der Waals surface area contributed by atoms with E-state index in [1.807, 2.05) is 13.8 Å². The van der Waals surface area contributed by atoms with Crippen molar-refractivity contribution in [1.82, 2.24) is 10.2 Å². The first-order chi connectivity index (χ1) is 8.93. The van der Waals surface area contributed by atoms with Gasteiger partial charge in [0.15, 0.2) is 0 Å². The van der Waals surface area contributed by atoms with E-state index in [-0.39, 0.29) is 37.0 Å². The molecule has 0 heterocycles. The molecule has 5 heteroatoms. The minimum Gasteiger partial charge on any atom is -0.395 e. The fraction of sp³-hybridized carbons (Fsp3) is 0.500. The number of aliphatic hydroxyl groups is 1. The number of carbonyl (C=O) groups excluding carboxylic acids is 1. The van der Waals surface area contributed by atoms with Gasteiger partial charge in [-0.3, -0.25) is 9.69 Å². The Bertz CT molecular complexity index is 408. The summed E-state index contributed by atoms with van der Waals surface area (Å²) in [6, 6.07) is 5.81. The Morgan fingerprint density at radius 1 is 1.37 bits per heavy atom. The summed E-state index contributed by atoms with van der Waals surface area (Å²) >= 11 is 0. The van der Waals surface area contributed by atoms with Crippen molar-refractivity contribution in [1.29, 1.82) is 0 Å². The molecule has 1 rings (SSSR count). The van der Waals surface area contributed by atoms with Gasteiger partial charge in [-0.25, -0.2) is 4.39 Å². The third-order valence-corrected chi connectivity index (χ3v) is 3.16. The van der Waals surface area contributed by atoms with Crippen molar-refractivity contribution in [3.8, 4) is 0 Å². The third kappa shape index (κ3) is 4.96. The molecule has 2 unspecified atom stereocenters. The Labute approximate surface area is 113 Å². The van der Waals surface area contributed by atoms with Gasteiger partial charge in [0, 0.05) is 6.04 Å². The van der Waals surface area contributed by atoms with E-state index in [2.05, 4.69) is 5.32 Å². The normalized spacial score (nSPS) is 14.2. The SMILES string of the molecule is CC(NC(=O)CN(C)C(C)CO)c1ccc(F)cc1. The van der Waals surface area contributed by atoms with Crippen LogP contribution in [0.5, 0.6) is 0 Å². The maximum Gasteiger partial charge on any atom is 0.234 e. The highest BCUT2D eigenvalue weighted by Gasteiger charge is 2.14. The molecule has 1 amide bonds. The van der Waals surface area contributed by atoms with Crippen LogP contribution in [0.2, 0.25) is 0 Å². The van der Waals surface area contributed by atoms with E-state index in [9.17, 15) is 9.18 Å². The molecule has 4 nitrogen and oxygen atoms in total. The average molecular weight is 268 g/mol. The minimum atomic E-state index is -0.293. The van der Waals surface area contributed by atoms with Crippen LogP contribution < -0.4 is 5.32 Å². The highest BCUT2D eigenvalue weighted by atomic mass is 19.1. The van der Waals surface area contributed by atoms with Gasteiger partial charge in [0.1, 0.15) is 5.82 Å². The lowest BCUT2D eigenvalue weighted by atomic mass is 10.1.